The first-order chi connectivity index (χ1) is 8.65. The summed E-state index contributed by atoms with van der Waals surface area (Å²) in [5.41, 5.74) is 7.76. The van der Waals surface area contributed by atoms with Crippen LogP contribution in [0.4, 0.5) is 11.4 Å². The minimum absolute atomic E-state index is 0.103. The highest BCUT2D eigenvalue weighted by molar-refractivity contribution is 6.00. The Balaban J connectivity index is 2.29. The maximum Gasteiger partial charge on any atom is 0.245 e. The molecule has 0 aromatic heterocycles. The summed E-state index contributed by atoms with van der Waals surface area (Å²) >= 11 is 0. The molecule has 1 aromatic carbocycles. The number of carbonyl (C=O) groups excluding carboxylic acids is 1. The Hall–Kier alpha value is -1.99. The number of likely N-dealkylation sites (N-methyl/N-ethyl adjacent to an activating group) is 1. The molecule has 1 heterocycles. The van der Waals surface area contributed by atoms with Gasteiger partial charge >= 0.3 is 0 Å². The number of hydrogen-bond acceptors (Lipinski definition) is 3. The number of rotatable bonds is 2. The second-order valence-electron chi connectivity index (χ2n) is 4.41. The minimum Gasteiger partial charge on any atom is -0.371 e. The molecule has 1 atom stereocenters. The third-order valence-corrected chi connectivity index (χ3v) is 3.16. The van der Waals surface area contributed by atoms with Crippen molar-refractivity contribution in [2.45, 2.75) is 12.5 Å². The molecule has 1 unspecified atom stereocenters. The number of benzene rings is 1. The topological polar surface area (TPSA) is 49.6 Å². The summed E-state index contributed by atoms with van der Waals surface area (Å²) in [5, 5.41) is 0. The van der Waals surface area contributed by atoms with E-state index >= 15 is 0 Å². The molecule has 1 amide bonds. The van der Waals surface area contributed by atoms with E-state index in [1.165, 1.54) is 0 Å². The first kappa shape index (κ1) is 12.5. The van der Waals surface area contributed by atoms with Crippen LogP contribution in [0, 0.1) is 12.3 Å². The summed E-state index contributed by atoms with van der Waals surface area (Å²) in [6.45, 7) is 1.44. The van der Waals surface area contributed by atoms with Crippen LogP contribution in [0.1, 0.15) is 6.42 Å². The Morgan fingerprint density at radius 2 is 2.11 bits per heavy atom. The van der Waals surface area contributed by atoms with Crippen LogP contribution in [0.15, 0.2) is 24.3 Å². The van der Waals surface area contributed by atoms with E-state index in [4.69, 9.17) is 12.2 Å². The summed E-state index contributed by atoms with van der Waals surface area (Å²) < 4.78 is 0. The number of nitrogens with zero attached hydrogens (tertiary/aromatic N) is 2. The van der Waals surface area contributed by atoms with Crippen LogP contribution in [0.2, 0.25) is 0 Å². The number of nitrogens with two attached hydrogens (primary N) is 1. The Morgan fingerprint density at radius 3 is 2.78 bits per heavy atom. The van der Waals surface area contributed by atoms with Crippen molar-refractivity contribution in [3.63, 3.8) is 0 Å². The molecule has 0 bridgehead atoms. The van der Waals surface area contributed by atoms with Gasteiger partial charge in [0.05, 0.1) is 17.4 Å². The molecule has 0 fully saturated rings. The van der Waals surface area contributed by atoms with Gasteiger partial charge in [-0.3, -0.25) is 4.79 Å². The van der Waals surface area contributed by atoms with Crippen molar-refractivity contribution >= 4 is 17.3 Å². The summed E-state index contributed by atoms with van der Waals surface area (Å²) in [6, 6.07) is 7.20. The fraction of sp³-hybridized carbons (Fsp3) is 0.357. The van der Waals surface area contributed by atoms with Crippen molar-refractivity contribution in [2.75, 3.05) is 29.9 Å². The molecule has 4 nitrogen and oxygen atoms in total. The van der Waals surface area contributed by atoms with Crippen molar-refractivity contribution in [3.8, 4) is 12.3 Å². The largest absolute Gasteiger partial charge is 0.371 e. The Morgan fingerprint density at radius 1 is 1.44 bits per heavy atom. The first-order valence-electron chi connectivity index (χ1n) is 5.95. The van der Waals surface area contributed by atoms with E-state index in [0.29, 0.717) is 6.54 Å². The lowest BCUT2D eigenvalue weighted by atomic mass is 10.1. The quantitative estimate of drug-likeness (QED) is 0.782. The SMILES string of the molecule is C#CCC(N)C(=O)N1CCN(C)c2ccccc21. The van der Waals surface area contributed by atoms with Gasteiger partial charge < -0.3 is 15.5 Å². The zero-order valence-corrected chi connectivity index (χ0v) is 10.5. The molecule has 4 heteroatoms. The number of amides is 1. The van der Waals surface area contributed by atoms with E-state index in [1.807, 2.05) is 31.3 Å². The van der Waals surface area contributed by atoms with Gasteiger partial charge in [-0.25, -0.2) is 0 Å². The first-order valence-corrected chi connectivity index (χ1v) is 5.95. The molecule has 0 saturated heterocycles. The number of carbonyl (C=O) groups is 1. The molecule has 2 N–H and O–H groups in total. The van der Waals surface area contributed by atoms with Gasteiger partial charge in [0.15, 0.2) is 0 Å². The normalized spacial score (nSPS) is 15.8. The Labute approximate surface area is 107 Å². The highest BCUT2D eigenvalue weighted by atomic mass is 16.2. The summed E-state index contributed by atoms with van der Waals surface area (Å²) in [4.78, 5) is 16.1. The third-order valence-electron chi connectivity index (χ3n) is 3.16. The Kier molecular flexibility index (Phi) is 3.54. The summed E-state index contributed by atoms with van der Waals surface area (Å²) in [5.74, 6) is 2.33. The zero-order valence-electron chi connectivity index (χ0n) is 10.5. The van der Waals surface area contributed by atoms with Crippen molar-refractivity contribution in [2.24, 2.45) is 5.73 Å². The van der Waals surface area contributed by atoms with Crippen molar-refractivity contribution < 1.29 is 4.79 Å². The van der Waals surface area contributed by atoms with E-state index in [-0.39, 0.29) is 12.3 Å². The lowest BCUT2D eigenvalue weighted by Crippen LogP contribution is -2.49. The minimum atomic E-state index is -0.619. The average molecular weight is 243 g/mol. The molecular weight excluding hydrogens is 226 g/mol. The average Bonchev–Trinajstić information content (AvgIpc) is 2.39. The number of anilines is 2. The number of fused-ring (bicyclic) bond motifs is 1. The fourth-order valence-corrected chi connectivity index (χ4v) is 2.15. The Bertz CT molecular complexity index is 492. The van der Waals surface area contributed by atoms with Gasteiger partial charge in [-0.05, 0) is 12.1 Å². The van der Waals surface area contributed by atoms with Gasteiger partial charge in [0.25, 0.3) is 0 Å². The second-order valence-corrected chi connectivity index (χ2v) is 4.41. The van der Waals surface area contributed by atoms with Gasteiger partial charge in [-0.2, -0.15) is 0 Å². The molecule has 18 heavy (non-hydrogen) atoms. The standard InChI is InChI=1S/C14H17N3O/c1-3-6-11(15)14(18)17-10-9-16(2)12-7-4-5-8-13(12)17/h1,4-5,7-8,11H,6,9-10,15H2,2H3. The highest BCUT2D eigenvalue weighted by Crippen LogP contribution is 2.31. The summed E-state index contributed by atoms with van der Waals surface area (Å²) in [6.07, 6.45) is 5.48. The molecular formula is C14H17N3O. The lowest BCUT2D eigenvalue weighted by molar-refractivity contribution is -0.119. The molecule has 1 aliphatic heterocycles. The third kappa shape index (κ3) is 2.18. The summed E-state index contributed by atoms with van der Waals surface area (Å²) in [7, 11) is 2.02. The predicted octanol–water partition coefficient (Wildman–Crippen LogP) is 0.820. The van der Waals surface area contributed by atoms with E-state index in [2.05, 4.69) is 10.8 Å². The second kappa shape index (κ2) is 5.11. The predicted molar refractivity (Wildman–Crippen MR) is 73.5 cm³/mol. The van der Waals surface area contributed by atoms with Crippen LogP contribution in [0.5, 0.6) is 0 Å². The zero-order chi connectivity index (χ0) is 13.1. The van der Waals surface area contributed by atoms with Crippen molar-refractivity contribution in [1.29, 1.82) is 0 Å². The lowest BCUT2D eigenvalue weighted by Gasteiger charge is -2.36. The molecule has 0 radical (unpaired) electrons. The van der Waals surface area contributed by atoms with E-state index in [1.54, 1.807) is 4.90 Å². The molecule has 1 aromatic rings. The van der Waals surface area contributed by atoms with Crippen LogP contribution in [0.3, 0.4) is 0 Å². The number of terminal acetylenes is 1. The van der Waals surface area contributed by atoms with Crippen molar-refractivity contribution in [3.05, 3.63) is 24.3 Å². The molecule has 0 aliphatic carbocycles. The molecule has 1 aliphatic rings. The van der Waals surface area contributed by atoms with Gasteiger partial charge in [0.2, 0.25) is 5.91 Å². The monoisotopic (exact) mass is 243 g/mol. The molecule has 0 spiro atoms. The van der Waals surface area contributed by atoms with E-state index < -0.39 is 6.04 Å². The van der Waals surface area contributed by atoms with Crippen LogP contribution in [0.25, 0.3) is 0 Å². The van der Waals surface area contributed by atoms with Gasteiger partial charge in [0.1, 0.15) is 0 Å². The fourth-order valence-electron chi connectivity index (χ4n) is 2.15. The van der Waals surface area contributed by atoms with E-state index in [0.717, 1.165) is 17.9 Å². The number of hydrogen-bond donors (Lipinski definition) is 1. The highest BCUT2D eigenvalue weighted by Gasteiger charge is 2.27. The van der Waals surface area contributed by atoms with Gasteiger partial charge in [-0.15, -0.1) is 12.3 Å². The van der Waals surface area contributed by atoms with Gasteiger partial charge in [-0.1, -0.05) is 12.1 Å². The molecule has 0 saturated carbocycles. The van der Waals surface area contributed by atoms with Crippen molar-refractivity contribution in [1.82, 2.24) is 0 Å². The molecule has 94 valence electrons. The smallest absolute Gasteiger partial charge is 0.245 e. The van der Waals surface area contributed by atoms with E-state index in [9.17, 15) is 4.79 Å². The van der Waals surface area contributed by atoms with Crippen LogP contribution >= 0.6 is 0 Å². The maximum absolute atomic E-state index is 12.2. The van der Waals surface area contributed by atoms with Crippen LogP contribution in [-0.4, -0.2) is 32.1 Å². The van der Waals surface area contributed by atoms with Gasteiger partial charge in [0, 0.05) is 26.6 Å². The maximum atomic E-state index is 12.2. The van der Waals surface area contributed by atoms with Crippen LogP contribution < -0.4 is 15.5 Å². The number of para-hydroxylation sites is 2. The van der Waals surface area contributed by atoms with Crippen LogP contribution in [-0.2, 0) is 4.79 Å². The molecule has 2 rings (SSSR count).